The Kier molecular flexibility index (Phi) is 6.34. The lowest BCUT2D eigenvalue weighted by atomic mass is 10.1. The first kappa shape index (κ1) is 21.6. The van der Waals surface area contributed by atoms with Crippen molar-refractivity contribution in [3.63, 3.8) is 0 Å². The Bertz CT molecular complexity index is 1160. The molecular formula is C21H19Cl2FN2O2S2. The number of thiazole rings is 1. The van der Waals surface area contributed by atoms with Crippen LogP contribution >= 0.6 is 34.5 Å². The minimum atomic E-state index is -3.40. The number of rotatable bonds is 5. The Morgan fingerprint density at radius 1 is 1.13 bits per heavy atom. The number of nitrogens with zero attached hydrogens (tertiary/aromatic N) is 2. The van der Waals surface area contributed by atoms with Gasteiger partial charge < -0.3 is 4.90 Å². The van der Waals surface area contributed by atoms with Crippen molar-refractivity contribution >= 4 is 49.5 Å². The maximum Gasteiger partial charge on any atom is 0.185 e. The zero-order valence-corrected chi connectivity index (χ0v) is 19.0. The van der Waals surface area contributed by atoms with Crippen molar-refractivity contribution in [1.82, 2.24) is 4.98 Å². The van der Waals surface area contributed by atoms with E-state index >= 15 is 0 Å². The molecule has 158 valence electrons. The Labute approximate surface area is 189 Å². The van der Waals surface area contributed by atoms with Crippen LogP contribution in [0.25, 0.3) is 0 Å². The predicted molar refractivity (Wildman–Crippen MR) is 120 cm³/mol. The Hall–Kier alpha value is -1.67. The highest BCUT2D eigenvalue weighted by atomic mass is 35.5. The van der Waals surface area contributed by atoms with E-state index in [1.807, 2.05) is 5.38 Å². The highest BCUT2D eigenvalue weighted by molar-refractivity contribution is 7.92. The van der Waals surface area contributed by atoms with E-state index in [0.717, 1.165) is 16.4 Å². The monoisotopic (exact) mass is 484 g/mol. The molecule has 0 saturated carbocycles. The highest BCUT2D eigenvalue weighted by Gasteiger charge is 2.32. The molecule has 9 heteroatoms. The lowest BCUT2D eigenvalue weighted by molar-refractivity contribution is 0.529. The van der Waals surface area contributed by atoms with E-state index in [1.165, 1.54) is 23.5 Å². The topological polar surface area (TPSA) is 50.3 Å². The van der Waals surface area contributed by atoms with Gasteiger partial charge in [-0.15, -0.1) is 11.3 Å². The van der Waals surface area contributed by atoms with E-state index < -0.39 is 20.9 Å². The average molecular weight is 485 g/mol. The summed E-state index contributed by atoms with van der Waals surface area (Å²) in [5.41, 5.74) is 1.77. The smallest absolute Gasteiger partial charge is 0.185 e. The quantitative estimate of drug-likeness (QED) is 0.471. The van der Waals surface area contributed by atoms with Gasteiger partial charge >= 0.3 is 0 Å². The second-order valence-electron chi connectivity index (χ2n) is 7.24. The molecule has 1 aromatic heterocycles. The molecule has 1 aliphatic heterocycles. The van der Waals surface area contributed by atoms with Crippen LogP contribution in [-0.4, -0.2) is 31.7 Å². The SMILES string of the molecule is O=S(=O)(c1cccc(Cl)c1)C1CCN(c2nc(Cc3ccc(F)c(Cl)c3)cs2)CC1. The van der Waals surface area contributed by atoms with E-state index in [2.05, 4.69) is 9.88 Å². The summed E-state index contributed by atoms with van der Waals surface area (Å²) in [7, 11) is -3.40. The third-order valence-electron chi connectivity index (χ3n) is 5.18. The minimum Gasteiger partial charge on any atom is -0.348 e. The van der Waals surface area contributed by atoms with Crippen molar-refractivity contribution in [2.75, 3.05) is 18.0 Å². The standard InChI is InChI=1S/C21H19Cl2FN2O2S2/c22-15-2-1-3-18(12-15)30(27,28)17-6-8-26(9-7-17)21-25-16(13-29-21)10-14-4-5-20(24)19(23)11-14/h1-5,11-13,17H,6-10H2. The molecule has 0 amide bonds. The summed E-state index contributed by atoms with van der Waals surface area (Å²) in [5, 5.41) is 2.95. The van der Waals surface area contributed by atoms with E-state index in [4.69, 9.17) is 23.2 Å². The lowest BCUT2D eigenvalue weighted by Gasteiger charge is -2.31. The number of benzene rings is 2. The molecular weight excluding hydrogens is 466 g/mol. The number of anilines is 1. The van der Waals surface area contributed by atoms with Gasteiger partial charge in [-0.1, -0.05) is 35.3 Å². The summed E-state index contributed by atoms with van der Waals surface area (Å²) < 4.78 is 39.2. The number of hydrogen-bond acceptors (Lipinski definition) is 5. The fraction of sp³-hybridized carbons (Fsp3) is 0.286. The molecule has 0 atom stereocenters. The van der Waals surface area contributed by atoms with Crippen LogP contribution in [0.1, 0.15) is 24.1 Å². The molecule has 0 N–H and O–H groups in total. The van der Waals surface area contributed by atoms with Gasteiger partial charge in [-0.25, -0.2) is 17.8 Å². The van der Waals surface area contributed by atoms with Crippen LogP contribution in [0.3, 0.4) is 0 Å². The van der Waals surface area contributed by atoms with E-state index in [1.54, 1.807) is 30.3 Å². The maximum atomic E-state index is 13.3. The molecule has 1 saturated heterocycles. The molecule has 0 radical (unpaired) electrons. The molecule has 1 fully saturated rings. The normalized spacial score (nSPS) is 15.5. The van der Waals surface area contributed by atoms with Crippen LogP contribution in [0, 0.1) is 5.82 Å². The van der Waals surface area contributed by atoms with E-state index in [9.17, 15) is 12.8 Å². The number of hydrogen-bond donors (Lipinski definition) is 0. The molecule has 2 heterocycles. The molecule has 0 aliphatic carbocycles. The molecule has 0 unspecified atom stereocenters. The molecule has 1 aliphatic rings. The second kappa shape index (κ2) is 8.83. The van der Waals surface area contributed by atoms with Gasteiger partial charge in [0.25, 0.3) is 0 Å². The predicted octanol–water partition coefficient (Wildman–Crippen LogP) is 5.62. The summed E-state index contributed by atoms with van der Waals surface area (Å²) in [6.45, 7) is 1.25. The van der Waals surface area contributed by atoms with Crippen molar-refractivity contribution < 1.29 is 12.8 Å². The number of halogens is 3. The first-order chi connectivity index (χ1) is 14.3. The third-order valence-corrected chi connectivity index (χ3v) is 8.92. The van der Waals surface area contributed by atoms with Gasteiger partial charge in [0.1, 0.15) is 5.82 Å². The Morgan fingerprint density at radius 3 is 2.60 bits per heavy atom. The average Bonchev–Trinajstić information content (AvgIpc) is 3.19. The summed E-state index contributed by atoms with van der Waals surface area (Å²) in [6, 6.07) is 11.1. The number of sulfone groups is 1. The molecule has 30 heavy (non-hydrogen) atoms. The first-order valence-electron chi connectivity index (χ1n) is 9.45. The van der Waals surface area contributed by atoms with E-state index in [0.29, 0.717) is 37.4 Å². The number of piperidine rings is 1. The summed E-state index contributed by atoms with van der Waals surface area (Å²) in [4.78, 5) is 7.08. The largest absolute Gasteiger partial charge is 0.348 e. The van der Waals surface area contributed by atoms with Crippen molar-refractivity contribution in [3.8, 4) is 0 Å². The van der Waals surface area contributed by atoms with Crippen molar-refractivity contribution in [3.05, 3.63) is 75.0 Å². The Morgan fingerprint density at radius 2 is 1.90 bits per heavy atom. The number of aromatic nitrogens is 1. The van der Waals surface area contributed by atoms with Gasteiger partial charge in [-0.05, 0) is 48.7 Å². The van der Waals surface area contributed by atoms with Crippen LogP contribution in [0.5, 0.6) is 0 Å². The van der Waals surface area contributed by atoms with Crippen LogP contribution in [0.4, 0.5) is 9.52 Å². The molecule has 4 nitrogen and oxygen atoms in total. The summed E-state index contributed by atoms with van der Waals surface area (Å²) in [6.07, 6.45) is 1.64. The van der Waals surface area contributed by atoms with Crippen molar-refractivity contribution in [2.45, 2.75) is 29.4 Å². The van der Waals surface area contributed by atoms with Crippen LogP contribution in [-0.2, 0) is 16.3 Å². The Balaban J connectivity index is 1.40. The van der Waals surface area contributed by atoms with Crippen LogP contribution in [0.15, 0.2) is 52.7 Å². The molecule has 2 aromatic carbocycles. The zero-order valence-electron chi connectivity index (χ0n) is 15.9. The molecule has 3 aromatic rings. The van der Waals surface area contributed by atoms with Crippen molar-refractivity contribution in [2.24, 2.45) is 0 Å². The molecule has 0 bridgehead atoms. The van der Waals surface area contributed by atoms with Gasteiger partial charge in [0.15, 0.2) is 15.0 Å². The van der Waals surface area contributed by atoms with Gasteiger partial charge in [0.2, 0.25) is 0 Å². The van der Waals surface area contributed by atoms with Gasteiger partial charge in [-0.2, -0.15) is 0 Å². The van der Waals surface area contributed by atoms with Gasteiger partial charge in [0, 0.05) is 29.9 Å². The highest BCUT2D eigenvalue weighted by Crippen LogP contribution is 2.30. The van der Waals surface area contributed by atoms with Gasteiger partial charge in [0.05, 0.1) is 20.9 Å². The molecule has 0 spiro atoms. The molecule has 4 rings (SSSR count). The van der Waals surface area contributed by atoms with Crippen LogP contribution in [0.2, 0.25) is 10.0 Å². The van der Waals surface area contributed by atoms with E-state index in [-0.39, 0.29) is 9.92 Å². The van der Waals surface area contributed by atoms with Crippen molar-refractivity contribution in [1.29, 1.82) is 0 Å². The minimum absolute atomic E-state index is 0.103. The first-order valence-corrected chi connectivity index (χ1v) is 12.6. The van der Waals surface area contributed by atoms with Crippen LogP contribution < -0.4 is 4.90 Å². The maximum absolute atomic E-state index is 13.3. The fourth-order valence-electron chi connectivity index (χ4n) is 3.58. The zero-order chi connectivity index (χ0) is 21.3. The second-order valence-corrected chi connectivity index (χ2v) is 11.1. The summed E-state index contributed by atoms with van der Waals surface area (Å²) in [5.74, 6) is -0.435. The fourth-order valence-corrected chi connectivity index (χ4v) is 6.69. The van der Waals surface area contributed by atoms with Gasteiger partial charge in [-0.3, -0.25) is 0 Å². The lowest BCUT2D eigenvalue weighted by Crippen LogP contribution is -2.39. The summed E-state index contributed by atoms with van der Waals surface area (Å²) >= 11 is 13.3. The third kappa shape index (κ3) is 4.64.